The van der Waals surface area contributed by atoms with Gasteiger partial charge >= 0.3 is 44.1 Å². The van der Waals surface area contributed by atoms with Crippen molar-refractivity contribution in [1.82, 2.24) is 0 Å². The standard InChI is InChI=1S/C12H13O13P3S2.2Zr/c13-26(22-27(14,15)24-29(18,19)11-7-3-1-4-8-11)23-28(16,17)25-30(20,21)12-9-5-2-6-10-12;;/h1-10,26H,(H,14,15)(H,16,17);;. The molecule has 0 spiro atoms. The van der Waals surface area contributed by atoms with E-state index in [9.17, 15) is 40.3 Å². The fourth-order valence-corrected chi connectivity index (χ4v) is 8.13. The molecule has 0 heterocycles. The van der Waals surface area contributed by atoms with E-state index in [-0.39, 0.29) is 52.4 Å². The molecule has 13 nitrogen and oxygen atoms in total. The first kappa shape index (κ1) is 32.6. The van der Waals surface area contributed by atoms with E-state index in [1.54, 1.807) is 0 Å². The summed E-state index contributed by atoms with van der Waals surface area (Å²) in [4.78, 5) is 17.8. The summed E-state index contributed by atoms with van der Waals surface area (Å²) in [6, 6.07) is 12.0. The van der Waals surface area contributed by atoms with Gasteiger partial charge in [0.25, 0.3) is 0 Å². The molecule has 0 bridgehead atoms. The van der Waals surface area contributed by atoms with E-state index in [1.807, 2.05) is 0 Å². The second-order valence-electron chi connectivity index (χ2n) is 5.05. The third kappa shape index (κ3) is 10.4. The van der Waals surface area contributed by atoms with Crippen LogP contribution in [0.4, 0.5) is 0 Å². The third-order valence-electron chi connectivity index (χ3n) is 2.83. The molecule has 0 aliphatic heterocycles. The summed E-state index contributed by atoms with van der Waals surface area (Å²) in [5.74, 6) is 0. The molecule has 0 radical (unpaired) electrons. The number of rotatable bonds is 10. The summed E-state index contributed by atoms with van der Waals surface area (Å²) in [5, 5.41) is 0. The fraction of sp³-hybridized carbons (Fsp3) is 0. The first-order valence-electron chi connectivity index (χ1n) is 7.34. The van der Waals surface area contributed by atoms with Crippen LogP contribution in [0.5, 0.6) is 0 Å². The van der Waals surface area contributed by atoms with Crippen molar-refractivity contribution in [3.8, 4) is 0 Å². The Hall–Kier alpha value is 0.556. The van der Waals surface area contributed by atoms with Gasteiger partial charge < -0.3 is 9.79 Å². The Morgan fingerprint density at radius 3 is 1.22 bits per heavy atom. The van der Waals surface area contributed by atoms with Crippen molar-refractivity contribution in [2.24, 2.45) is 0 Å². The van der Waals surface area contributed by atoms with E-state index in [0.717, 1.165) is 24.3 Å². The van der Waals surface area contributed by atoms with Gasteiger partial charge in [-0.25, -0.2) is 17.8 Å². The smallest absolute Gasteiger partial charge is 0.302 e. The van der Waals surface area contributed by atoms with Crippen LogP contribution in [-0.2, 0) is 103 Å². The van der Waals surface area contributed by atoms with E-state index in [2.05, 4.69) is 16.6 Å². The Kier molecular flexibility index (Phi) is 13.3. The Bertz CT molecular complexity index is 1130. The van der Waals surface area contributed by atoms with Gasteiger partial charge in [-0.15, -0.1) is 0 Å². The van der Waals surface area contributed by atoms with Crippen LogP contribution in [0.15, 0.2) is 70.5 Å². The minimum atomic E-state index is -5.65. The average Bonchev–Trinajstić information content (AvgIpc) is 2.60. The minimum Gasteiger partial charge on any atom is -0.302 e. The predicted octanol–water partition coefficient (Wildman–Crippen LogP) is 2.42. The maximum atomic E-state index is 11.9. The number of phosphoric acid groups is 2. The summed E-state index contributed by atoms with van der Waals surface area (Å²) in [6.07, 6.45) is 0. The van der Waals surface area contributed by atoms with Crippen molar-refractivity contribution in [3.63, 3.8) is 0 Å². The van der Waals surface area contributed by atoms with Crippen LogP contribution in [0.2, 0.25) is 0 Å². The summed E-state index contributed by atoms with van der Waals surface area (Å²) >= 11 is 0. The molecule has 174 valence electrons. The van der Waals surface area contributed by atoms with Crippen LogP contribution in [-0.4, -0.2) is 26.6 Å². The molecule has 2 atom stereocenters. The largest absolute Gasteiger partial charge is 0.494 e. The van der Waals surface area contributed by atoms with E-state index in [0.29, 0.717) is 0 Å². The molecule has 0 saturated carbocycles. The molecular formula is C12H13O13P3S2Zr2. The summed E-state index contributed by atoms with van der Waals surface area (Å²) in [7, 11) is -25.5. The van der Waals surface area contributed by atoms with E-state index in [1.165, 1.54) is 36.4 Å². The van der Waals surface area contributed by atoms with Crippen molar-refractivity contribution < 1.29 is 109 Å². The molecule has 0 aliphatic rings. The van der Waals surface area contributed by atoms with Crippen LogP contribution in [0, 0.1) is 0 Å². The Balaban J connectivity index is 0.00000480. The molecule has 20 heteroatoms. The number of hydrogen-bond donors (Lipinski definition) is 2. The van der Waals surface area contributed by atoms with Gasteiger partial charge in [-0.05, 0) is 24.3 Å². The van der Waals surface area contributed by atoms with Gasteiger partial charge in [0.15, 0.2) is 0 Å². The van der Waals surface area contributed by atoms with Crippen molar-refractivity contribution in [3.05, 3.63) is 60.7 Å². The monoisotopic (exact) mass is 702 g/mol. The number of benzene rings is 2. The summed E-state index contributed by atoms with van der Waals surface area (Å²) in [6.45, 7) is 0. The zero-order valence-corrected chi connectivity index (χ0v) is 24.7. The van der Waals surface area contributed by atoms with Crippen molar-refractivity contribution in [1.29, 1.82) is 0 Å². The predicted molar refractivity (Wildman–Crippen MR) is 100 cm³/mol. The molecule has 2 aromatic carbocycles. The molecule has 0 aromatic heterocycles. The van der Waals surface area contributed by atoms with Crippen molar-refractivity contribution in [2.75, 3.05) is 0 Å². The average molecular weight is 705 g/mol. The Morgan fingerprint density at radius 2 is 0.938 bits per heavy atom. The maximum absolute atomic E-state index is 11.9. The molecule has 2 unspecified atom stereocenters. The van der Waals surface area contributed by atoms with Gasteiger partial charge in [-0.3, -0.25) is 4.57 Å². The van der Waals surface area contributed by atoms with Crippen LogP contribution in [0.3, 0.4) is 0 Å². The molecule has 0 amide bonds. The molecule has 2 aromatic rings. The van der Waals surface area contributed by atoms with E-state index < -0.39 is 53.9 Å². The quantitative estimate of drug-likeness (QED) is 0.343. The maximum Gasteiger partial charge on any atom is 0.494 e. The van der Waals surface area contributed by atoms with Gasteiger partial charge in [-0.1, -0.05) is 36.4 Å². The normalized spacial score (nSPS) is 16.4. The molecule has 2 rings (SSSR count). The van der Waals surface area contributed by atoms with Crippen LogP contribution in [0.1, 0.15) is 0 Å². The van der Waals surface area contributed by atoms with Gasteiger partial charge in [0.05, 0.1) is 9.79 Å². The molecular weight excluding hydrogens is 692 g/mol. The van der Waals surface area contributed by atoms with Gasteiger partial charge in [0, 0.05) is 52.4 Å². The van der Waals surface area contributed by atoms with E-state index >= 15 is 0 Å². The van der Waals surface area contributed by atoms with Crippen molar-refractivity contribution in [2.45, 2.75) is 9.79 Å². The second-order valence-corrected chi connectivity index (χ2v) is 12.8. The SMILES string of the molecule is O=[PH](OP(=O)(O)OS(=O)(=O)c1ccccc1)OP(=O)(O)OS(=O)(=O)c1ccccc1.[Zr].[Zr]. The molecule has 0 aliphatic carbocycles. The first-order valence-corrected chi connectivity index (χ1v) is 14.4. The topological polar surface area (TPSA) is 197 Å². The Morgan fingerprint density at radius 1 is 0.656 bits per heavy atom. The molecule has 0 fully saturated rings. The second kappa shape index (κ2) is 13.0. The third-order valence-corrected chi connectivity index (χ3v) is 10.6. The zero-order valence-electron chi connectivity index (χ0n) is 15.4. The molecule has 0 saturated heterocycles. The minimum absolute atomic E-state index is 0. The fourth-order valence-electron chi connectivity index (χ4n) is 1.74. The van der Waals surface area contributed by atoms with Gasteiger partial charge in [0.2, 0.25) is 0 Å². The van der Waals surface area contributed by atoms with Gasteiger partial charge in [0.1, 0.15) is 0 Å². The Labute approximate surface area is 222 Å². The summed E-state index contributed by atoms with van der Waals surface area (Å²) in [5.41, 5.74) is 0. The van der Waals surface area contributed by atoms with Gasteiger partial charge in [-0.2, -0.15) is 24.8 Å². The van der Waals surface area contributed by atoms with E-state index in [4.69, 9.17) is 0 Å². The molecule has 32 heavy (non-hydrogen) atoms. The van der Waals surface area contributed by atoms with Crippen LogP contribution < -0.4 is 0 Å². The van der Waals surface area contributed by atoms with Crippen LogP contribution in [0.25, 0.3) is 0 Å². The number of hydrogen-bond acceptors (Lipinski definition) is 11. The molecule has 2 N–H and O–H groups in total. The zero-order chi connectivity index (χ0) is 22.6. The first-order chi connectivity index (χ1) is 13.7. The van der Waals surface area contributed by atoms with Crippen molar-refractivity contribution >= 4 is 44.1 Å². The van der Waals surface area contributed by atoms with Crippen LogP contribution >= 0.6 is 23.9 Å². The summed E-state index contributed by atoms with van der Waals surface area (Å²) < 4.78 is 98.3.